The van der Waals surface area contributed by atoms with Gasteiger partial charge in [0.1, 0.15) is 6.07 Å². The van der Waals surface area contributed by atoms with Crippen LogP contribution in [0.25, 0.3) is 10.9 Å². The minimum absolute atomic E-state index is 0.0699. The van der Waals surface area contributed by atoms with Gasteiger partial charge in [0.05, 0.1) is 23.7 Å². The van der Waals surface area contributed by atoms with E-state index in [1.54, 1.807) is 12.3 Å². The van der Waals surface area contributed by atoms with E-state index in [9.17, 15) is 10.1 Å². The predicted molar refractivity (Wildman–Crippen MR) is 105 cm³/mol. The third-order valence-corrected chi connectivity index (χ3v) is 5.33. The molecule has 0 radical (unpaired) electrons. The number of anilines is 1. The van der Waals surface area contributed by atoms with E-state index in [0.717, 1.165) is 23.9 Å². The number of pyridine rings is 1. The van der Waals surface area contributed by atoms with E-state index in [1.165, 1.54) is 0 Å². The van der Waals surface area contributed by atoms with Crippen LogP contribution >= 0.6 is 0 Å². The zero-order valence-electron chi connectivity index (χ0n) is 15.9. The fourth-order valence-electron chi connectivity index (χ4n) is 3.95. The molecule has 1 N–H and O–H groups in total. The predicted octanol–water partition coefficient (Wildman–Crippen LogP) is 2.00. The molecular weight excluding hydrogens is 356 g/mol. The van der Waals surface area contributed by atoms with Crippen molar-refractivity contribution in [2.75, 3.05) is 31.2 Å². The lowest BCUT2D eigenvalue weighted by molar-refractivity contribution is -0.138. The number of nitrogens with one attached hydrogen (secondary N) is 1. The lowest BCUT2D eigenvalue weighted by Gasteiger charge is -2.38. The fourth-order valence-corrected chi connectivity index (χ4v) is 3.95. The van der Waals surface area contributed by atoms with E-state index in [2.05, 4.69) is 21.3 Å². The second kappa shape index (κ2) is 8.13. The monoisotopic (exact) mass is 380 g/mol. The van der Waals surface area contributed by atoms with Gasteiger partial charge in [-0.1, -0.05) is 0 Å². The van der Waals surface area contributed by atoms with E-state index in [-0.39, 0.29) is 18.1 Å². The minimum atomic E-state index is -0.533. The van der Waals surface area contributed by atoms with Crippen LogP contribution in [0, 0.1) is 11.3 Å². The lowest BCUT2D eigenvalue weighted by Crippen LogP contribution is -2.54. The van der Waals surface area contributed by atoms with Crippen LogP contribution in [-0.2, 0) is 14.3 Å². The molecule has 3 heterocycles. The van der Waals surface area contributed by atoms with Gasteiger partial charge >= 0.3 is 0 Å². The van der Waals surface area contributed by atoms with Gasteiger partial charge in [-0.25, -0.2) is 0 Å². The summed E-state index contributed by atoms with van der Waals surface area (Å²) in [4.78, 5) is 19.3. The molecule has 0 bridgehead atoms. The minimum Gasteiger partial charge on any atom is -0.381 e. The number of nitrogens with zero attached hydrogens (tertiary/aromatic N) is 3. The molecule has 4 rings (SSSR count). The van der Waals surface area contributed by atoms with E-state index in [1.807, 2.05) is 25.1 Å². The summed E-state index contributed by atoms with van der Waals surface area (Å²) in [5, 5.41) is 13.4. The number of carbonyl (C=O) groups is 1. The molecule has 0 saturated carbocycles. The Morgan fingerprint density at radius 1 is 1.29 bits per heavy atom. The van der Waals surface area contributed by atoms with Gasteiger partial charge in [0.2, 0.25) is 0 Å². The molecule has 2 saturated heterocycles. The Kier molecular flexibility index (Phi) is 5.42. The molecule has 1 amide bonds. The lowest BCUT2D eigenvalue weighted by atomic mass is 10.1. The van der Waals surface area contributed by atoms with Gasteiger partial charge in [0, 0.05) is 43.1 Å². The Morgan fingerprint density at radius 2 is 2.11 bits per heavy atom. The number of amides is 1. The first-order valence-corrected chi connectivity index (χ1v) is 9.72. The van der Waals surface area contributed by atoms with Gasteiger partial charge in [-0.15, -0.1) is 0 Å². The highest BCUT2D eigenvalue weighted by Crippen LogP contribution is 2.30. The number of rotatable bonds is 3. The first kappa shape index (κ1) is 18.7. The molecule has 1 aromatic heterocycles. The molecule has 1 aromatic carbocycles. The summed E-state index contributed by atoms with van der Waals surface area (Å²) in [5.74, 6) is -0.0699. The molecule has 28 heavy (non-hydrogen) atoms. The standard InChI is InChI=1S/C21H24N4O3/c1-14-12-25(13-19(28-14)21(26)24-16-6-9-27-10-7-16)18-5-4-15(11-22)20-17(18)3-2-8-23-20/h2-5,8,14,16,19H,6-7,9-10,12-13H2,1H3,(H,24,26)/t14-,19-/m1/s1. The summed E-state index contributed by atoms with van der Waals surface area (Å²) in [6.07, 6.45) is 2.75. The van der Waals surface area contributed by atoms with Gasteiger partial charge in [-0.05, 0) is 44.0 Å². The van der Waals surface area contributed by atoms with E-state index < -0.39 is 6.10 Å². The van der Waals surface area contributed by atoms with Crippen molar-refractivity contribution in [3.05, 3.63) is 36.0 Å². The molecule has 2 aliphatic rings. The summed E-state index contributed by atoms with van der Waals surface area (Å²) in [6, 6.07) is 9.92. The van der Waals surface area contributed by atoms with Crippen molar-refractivity contribution >= 4 is 22.5 Å². The summed E-state index contributed by atoms with van der Waals surface area (Å²) >= 11 is 0. The van der Waals surface area contributed by atoms with Crippen LogP contribution in [0.5, 0.6) is 0 Å². The molecule has 7 heteroatoms. The van der Waals surface area contributed by atoms with Crippen LogP contribution in [0.3, 0.4) is 0 Å². The Bertz CT molecular complexity index is 904. The number of benzene rings is 1. The van der Waals surface area contributed by atoms with Gasteiger partial charge in [-0.2, -0.15) is 5.26 Å². The number of aromatic nitrogens is 1. The molecule has 2 fully saturated rings. The number of hydrogen-bond acceptors (Lipinski definition) is 6. The maximum Gasteiger partial charge on any atom is 0.251 e. The number of nitriles is 1. The molecule has 2 aromatic rings. The number of ether oxygens (including phenoxy) is 2. The van der Waals surface area contributed by atoms with Crippen molar-refractivity contribution in [3.63, 3.8) is 0 Å². The van der Waals surface area contributed by atoms with Crippen molar-refractivity contribution in [2.45, 2.75) is 38.0 Å². The van der Waals surface area contributed by atoms with Crippen LogP contribution in [0.1, 0.15) is 25.3 Å². The van der Waals surface area contributed by atoms with E-state index in [4.69, 9.17) is 9.47 Å². The summed E-state index contributed by atoms with van der Waals surface area (Å²) in [7, 11) is 0. The van der Waals surface area contributed by atoms with Gasteiger partial charge < -0.3 is 19.7 Å². The topological polar surface area (TPSA) is 87.5 Å². The number of morpholine rings is 1. The maximum atomic E-state index is 12.8. The van der Waals surface area contributed by atoms with E-state index >= 15 is 0 Å². The van der Waals surface area contributed by atoms with Crippen LogP contribution in [0.15, 0.2) is 30.5 Å². The number of carbonyl (C=O) groups excluding carboxylic acids is 1. The Balaban J connectivity index is 1.56. The van der Waals surface area contributed by atoms with Crippen molar-refractivity contribution < 1.29 is 14.3 Å². The van der Waals surface area contributed by atoms with Gasteiger partial charge in [-0.3, -0.25) is 9.78 Å². The largest absolute Gasteiger partial charge is 0.381 e. The SMILES string of the molecule is C[C@@H]1CN(c2ccc(C#N)c3ncccc23)C[C@H](C(=O)NC2CCOCC2)O1. The highest BCUT2D eigenvalue weighted by atomic mass is 16.5. The van der Waals surface area contributed by atoms with Crippen LogP contribution in [0.2, 0.25) is 0 Å². The highest BCUT2D eigenvalue weighted by Gasteiger charge is 2.32. The highest BCUT2D eigenvalue weighted by molar-refractivity contribution is 5.95. The molecule has 0 aliphatic carbocycles. The third-order valence-electron chi connectivity index (χ3n) is 5.33. The van der Waals surface area contributed by atoms with Crippen LogP contribution < -0.4 is 10.2 Å². The average molecular weight is 380 g/mol. The molecule has 146 valence electrons. The Hall–Kier alpha value is -2.69. The Morgan fingerprint density at radius 3 is 2.89 bits per heavy atom. The van der Waals surface area contributed by atoms with E-state index in [0.29, 0.717) is 37.4 Å². The smallest absolute Gasteiger partial charge is 0.251 e. The molecule has 2 atom stereocenters. The van der Waals surface area contributed by atoms with Gasteiger partial charge in [0.15, 0.2) is 6.10 Å². The zero-order valence-corrected chi connectivity index (χ0v) is 15.9. The molecular formula is C21H24N4O3. The second-order valence-corrected chi connectivity index (χ2v) is 7.38. The zero-order chi connectivity index (χ0) is 19.5. The molecule has 2 aliphatic heterocycles. The van der Waals surface area contributed by atoms with Crippen LogP contribution in [0.4, 0.5) is 5.69 Å². The first-order chi connectivity index (χ1) is 13.7. The summed E-state index contributed by atoms with van der Waals surface area (Å²) in [6.45, 7) is 4.49. The van der Waals surface area contributed by atoms with Crippen molar-refractivity contribution in [2.24, 2.45) is 0 Å². The average Bonchev–Trinajstić information content (AvgIpc) is 2.73. The summed E-state index contributed by atoms with van der Waals surface area (Å²) < 4.78 is 11.3. The molecule has 7 nitrogen and oxygen atoms in total. The third kappa shape index (κ3) is 3.79. The van der Waals surface area contributed by atoms with Crippen molar-refractivity contribution in [1.82, 2.24) is 10.3 Å². The Labute approximate surface area is 164 Å². The number of hydrogen-bond donors (Lipinski definition) is 1. The van der Waals surface area contributed by atoms with Crippen molar-refractivity contribution in [1.29, 1.82) is 5.26 Å². The second-order valence-electron chi connectivity index (χ2n) is 7.38. The first-order valence-electron chi connectivity index (χ1n) is 9.72. The fraction of sp³-hybridized carbons (Fsp3) is 0.476. The summed E-state index contributed by atoms with van der Waals surface area (Å²) in [5.41, 5.74) is 2.21. The van der Waals surface area contributed by atoms with Gasteiger partial charge in [0.25, 0.3) is 5.91 Å². The van der Waals surface area contributed by atoms with Crippen molar-refractivity contribution in [3.8, 4) is 6.07 Å². The molecule has 0 spiro atoms. The molecule has 0 unspecified atom stereocenters. The quantitative estimate of drug-likeness (QED) is 0.876. The number of fused-ring (bicyclic) bond motifs is 1. The maximum absolute atomic E-state index is 12.8. The normalized spacial score (nSPS) is 23.4. The van der Waals surface area contributed by atoms with Crippen LogP contribution in [-0.4, -0.2) is 55.4 Å².